The summed E-state index contributed by atoms with van der Waals surface area (Å²) in [6.07, 6.45) is 3.77. The summed E-state index contributed by atoms with van der Waals surface area (Å²) < 4.78 is 1.71. The van der Waals surface area contributed by atoms with E-state index in [0.717, 1.165) is 11.0 Å². The molecule has 1 N–H and O–H groups in total. The average molecular weight is 136 g/mol. The summed E-state index contributed by atoms with van der Waals surface area (Å²) >= 11 is 0. The zero-order valence-corrected chi connectivity index (χ0v) is 5.66. The van der Waals surface area contributed by atoms with E-state index in [1.165, 1.54) is 0 Å². The highest BCUT2D eigenvalue weighted by atomic mass is 16.6. The van der Waals surface area contributed by atoms with Crippen molar-refractivity contribution >= 4 is 11.0 Å². The Kier molecular flexibility index (Phi) is 0.974. The maximum atomic E-state index is 5.02. The van der Waals surface area contributed by atoms with Crippen LogP contribution in [-0.4, -0.2) is 16.8 Å². The van der Waals surface area contributed by atoms with Gasteiger partial charge in [-0.1, -0.05) is 0 Å². The molecular weight excluding hydrogens is 128 g/mol. The molecule has 0 spiro atoms. The number of aromatic amines is 1. The summed E-state index contributed by atoms with van der Waals surface area (Å²) in [7, 11) is 1.65. The predicted molar refractivity (Wildman–Crippen MR) is 38.8 cm³/mol. The fourth-order valence-electron chi connectivity index (χ4n) is 1.08. The number of nitrogens with one attached hydrogen (secondary N) is 1. The van der Waals surface area contributed by atoms with Crippen molar-refractivity contribution in [3.63, 3.8) is 0 Å². The number of rotatable bonds is 1. The van der Waals surface area contributed by atoms with Crippen LogP contribution in [0.2, 0.25) is 0 Å². The van der Waals surface area contributed by atoms with Gasteiger partial charge in [-0.15, -0.1) is 0 Å². The Morgan fingerprint density at radius 1 is 1.50 bits per heavy atom. The molecule has 2 aromatic heterocycles. The molecule has 0 bridgehead atoms. The predicted octanol–water partition coefficient (Wildman–Crippen LogP) is 1.03. The van der Waals surface area contributed by atoms with Gasteiger partial charge >= 0.3 is 0 Å². The molecule has 0 aliphatic heterocycles. The molecule has 3 heteroatoms. The molecule has 2 rings (SSSR count). The summed E-state index contributed by atoms with van der Waals surface area (Å²) in [5.74, 6) is 0. The van der Waals surface area contributed by atoms with Gasteiger partial charge in [-0.3, -0.25) is 0 Å². The lowest BCUT2D eigenvalue weighted by molar-refractivity contribution is 0.179. The third kappa shape index (κ3) is 0.543. The second kappa shape index (κ2) is 1.80. The van der Waals surface area contributed by atoms with Crippen molar-refractivity contribution in [2.24, 2.45) is 0 Å². The quantitative estimate of drug-likeness (QED) is 0.623. The first kappa shape index (κ1) is 5.41. The van der Waals surface area contributed by atoms with Crippen molar-refractivity contribution in [1.82, 2.24) is 9.71 Å². The van der Waals surface area contributed by atoms with Crippen molar-refractivity contribution in [2.45, 2.75) is 0 Å². The molecule has 2 heterocycles. The number of nitrogens with zero attached hydrogens (tertiary/aromatic N) is 1. The van der Waals surface area contributed by atoms with Crippen molar-refractivity contribution in [2.75, 3.05) is 7.11 Å². The van der Waals surface area contributed by atoms with Gasteiger partial charge < -0.3 is 9.82 Å². The highest BCUT2D eigenvalue weighted by molar-refractivity contribution is 5.75. The van der Waals surface area contributed by atoms with Crippen molar-refractivity contribution < 1.29 is 4.84 Å². The van der Waals surface area contributed by atoms with E-state index >= 15 is 0 Å². The summed E-state index contributed by atoms with van der Waals surface area (Å²) in [4.78, 5) is 8.10. The molecular formula is C7H8N2O. The van der Waals surface area contributed by atoms with Crippen LogP contribution in [0.25, 0.3) is 11.0 Å². The Labute approximate surface area is 58.2 Å². The summed E-state index contributed by atoms with van der Waals surface area (Å²) in [6.45, 7) is 0. The summed E-state index contributed by atoms with van der Waals surface area (Å²) in [5.41, 5.74) is 2.17. The highest BCUT2D eigenvalue weighted by Gasteiger charge is 1.98. The maximum Gasteiger partial charge on any atom is 0.104 e. The molecule has 0 radical (unpaired) electrons. The van der Waals surface area contributed by atoms with Crippen LogP contribution in [0, 0.1) is 0 Å². The molecule has 0 fully saturated rings. The van der Waals surface area contributed by atoms with Crippen molar-refractivity contribution in [3.8, 4) is 0 Å². The van der Waals surface area contributed by atoms with Crippen molar-refractivity contribution in [3.05, 3.63) is 24.5 Å². The van der Waals surface area contributed by atoms with E-state index in [4.69, 9.17) is 4.84 Å². The zero-order chi connectivity index (χ0) is 6.97. The van der Waals surface area contributed by atoms with Gasteiger partial charge in [0.25, 0.3) is 0 Å². The largest absolute Gasteiger partial charge is 0.417 e. The number of hydrogen-bond donors (Lipinski definition) is 1. The molecule has 0 aromatic carbocycles. The first-order valence-corrected chi connectivity index (χ1v) is 3.11. The lowest BCUT2D eigenvalue weighted by atomic mass is 10.5. The number of H-pyrrole nitrogens is 1. The number of hydrogen-bond acceptors (Lipinski definition) is 1. The van der Waals surface area contributed by atoms with Gasteiger partial charge in [0.15, 0.2) is 0 Å². The van der Waals surface area contributed by atoms with Crippen molar-refractivity contribution in [1.29, 1.82) is 0 Å². The maximum absolute atomic E-state index is 5.02. The van der Waals surface area contributed by atoms with E-state index in [1.807, 2.05) is 24.5 Å². The second-order valence-corrected chi connectivity index (χ2v) is 2.10. The number of aromatic nitrogens is 2. The van der Waals surface area contributed by atoms with Gasteiger partial charge in [-0.25, -0.2) is 0 Å². The van der Waals surface area contributed by atoms with Gasteiger partial charge in [0.05, 0.1) is 5.52 Å². The van der Waals surface area contributed by atoms with Crippen LogP contribution < -0.4 is 4.84 Å². The van der Waals surface area contributed by atoms with E-state index in [-0.39, 0.29) is 0 Å². The Balaban J connectivity index is 2.76. The molecule has 0 amide bonds. The fourth-order valence-corrected chi connectivity index (χ4v) is 1.08. The standard InChI is InChI=1S/C7H8N2O/c1-10-9-5-3-6-7(9)2-4-8-6/h2-5,8H,1H3. The van der Waals surface area contributed by atoms with Gasteiger partial charge in [0.1, 0.15) is 12.6 Å². The molecule has 10 heavy (non-hydrogen) atoms. The Bertz CT molecular complexity index is 334. The topological polar surface area (TPSA) is 29.9 Å². The van der Waals surface area contributed by atoms with Crippen LogP contribution in [0.4, 0.5) is 0 Å². The van der Waals surface area contributed by atoms with Gasteiger partial charge in [-0.2, -0.15) is 4.73 Å². The molecule has 0 saturated carbocycles. The third-order valence-electron chi connectivity index (χ3n) is 1.57. The summed E-state index contributed by atoms with van der Waals surface area (Å²) in [6, 6.07) is 3.94. The van der Waals surface area contributed by atoms with E-state index in [1.54, 1.807) is 11.8 Å². The van der Waals surface area contributed by atoms with Gasteiger partial charge in [0.2, 0.25) is 0 Å². The number of fused-ring (bicyclic) bond motifs is 1. The van der Waals surface area contributed by atoms with E-state index < -0.39 is 0 Å². The lowest BCUT2D eigenvalue weighted by Crippen LogP contribution is -2.01. The Morgan fingerprint density at radius 3 is 3.20 bits per heavy atom. The van der Waals surface area contributed by atoms with Crippen LogP contribution >= 0.6 is 0 Å². The van der Waals surface area contributed by atoms with Crippen LogP contribution in [0.3, 0.4) is 0 Å². The second-order valence-electron chi connectivity index (χ2n) is 2.10. The zero-order valence-electron chi connectivity index (χ0n) is 5.66. The normalized spacial score (nSPS) is 10.5. The Hall–Kier alpha value is -1.38. The van der Waals surface area contributed by atoms with Gasteiger partial charge in [-0.05, 0) is 12.1 Å². The molecule has 2 aromatic rings. The smallest absolute Gasteiger partial charge is 0.104 e. The van der Waals surface area contributed by atoms with E-state index in [0.29, 0.717) is 0 Å². The first-order valence-electron chi connectivity index (χ1n) is 3.11. The monoisotopic (exact) mass is 136 g/mol. The minimum absolute atomic E-state index is 1.07. The van der Waals surface area contributed by atoms with E-state index in [2.05, 4.69) is 4.98 Å². The molecule has 0 aliphatic rings. The van der Waals surface area contributed by atoms with Crippen LogP contribution in [0.5, 0.6) is 0 Å². The molecule has 0 atom stereocenters. The van der Waals surface area contributed by atoms with Crippen LogP contribution in [-0.2, 0) is 0 Å². The third-order valence-corrected chi connectivity index (χ3v) is 1.57. The fraction of sp³-hybridized carbons (Fsp3) is 0.143. The van der Waals surface area contributed by atoms with Crippen LogP contribution in [0.15, 0.2) is 24.5 Å². The highest BCUT2D eigenvalue weighted by Crippen LogP contribution is 2.10. The van der Waals surface area contributed by atoms with Crippen LogP contribution in [0.1, 0.15) is 0 Å². The molecule has 3 nitrogen and oxygen atoms in total. The molecule has 0 saturated heterocycles. The minimum atomic E-state index is 1.07. The molecule has 52 valence electrons. The summed E-state index contributed by atoms with van der Waals surface area (Å²) in [5, 5.41) is 0. The minimum Gasteiger partial charge on any atom is -0.417 e. The lowest BCUT2D eigenvalue weighted by Gasteiger charge is -1.97. The molecule has 0 aliphatic carbocycles. The van der Waals surface area contributed by atoms with Gasteiger partial charge in [0, 0.05) is 12.4 Å². The Morgan fingerprint density at radius 2 is 2.40 bits per heavy atom. The first-order chi connectivity index (χ1) is 4.92. The van der Waals surface area contributed by atoms with E-state index in [9.17, 15) is 0 Å². The SMILES string of the molecule is COn1ccc2[nH]ccc21. The molecule has 0 unspecified atom stereocenters. The average Bonchev–Trinajstić information content (AvgIpc) is 2.44.